The van der Waals surface area contributed by atoms with Crippen LogP contribution < -0.4 is 26.3 Å². The second-order valence-corrected chi connectivity index (χ2v) is 5.46. The lowest BCUT2D eigenvalue weighted by Crippen LogP contribution is -3.00. The highest BCUT2D eigenvalue weighted by Gasteiger charge is 2.13. The van der Waals surface area contributed by atoms with Crippen molar-refractivity contribution in [3.8, 4) is 5.75 Å². The fourth-order valence-corrected chi connectivity index (χ4v) is 2.87. The molecule has 1 aromatic carbocycles. The van der Waals surface area contributed by atoms with Gasteiger partial charge in [-0.05, 0) is 23.6 Å². The van der Waals surface area contributed by atoms with Crippen molar-refractivity contribution in [2.45, 2.75) is 6.54 Å². The Kier molecular flexibility index (Phi) is 5.09. The van der Waals surface area contributed by atoms with Crippen molar-refractivity contribution in [1.29, 1.82) is 0 Å². The first-order chi connectivity index (χ1) is 9.76. The number of pyridine rings is 1. The molecule has 0 spiro atoms. The minimum Gasteiger partial charge on any atom is -1.00 e. The number of ketones is 1. The molecule has 0 saturated heterocycles. The standard InChI is InChI=1S/C16H14NO2S.BrH/c1-19-14-4-2-3-12(9-14)15(18)11-17-7-5-16-13(10-17)6-8-20-16;/h2-10H,11H2,1H3;1H/q+1;/p-1. The van der Waals surface area contributed by atoms with Crippen LogP contribution in [0.15, 0.2) is 54.2 Å². The van der Waals surface area contributed by atoms with E-state index >= 15 is 0 Å². The third-order valence-corrected chi connectivity index (χ3v) is 4.07. The first-order valence-electron chi connectivity index (χ1n) is 6.30. The largest absolute Gasteiger partial charge is 1.00 e. The van der Waals surface area contributed by atoms with Gasteiger partial charge in [-0.1, -0.05) is 12.1 Å². The molecular formula is C16H14BrNO2S. The predicted molar refractivity (Wildman–Crippen MR) is 79.3 cm³/mol. The Balaban J connectivity index is 0.00000161. The molecule has 3 nitrogen and oxygen atoms in total. The Morgan fingerprint density at radius 2 is 2.14 bits per heavy atom. The van der Waals surface area contributed by atoms with Crippen molar-refractivity contribution in [2.24, 2.45) is 0 Å². The highest BCUT2D eigenvalue weighted by atomic mass is 79.9. The Morgan fingerprint density at radius 3 is 2.95 bits per heavy atom. The summed E-state index contributed by atoms with van der Waals surface area (Å²) in [6.45, 7) is 0.332. The van der Waals surface area contributed by atoms with E-state index in [0.717, 1.165) is 5.39 Å². The molecule has 3 aromatic rings. The second-order valence-electron chi connectivity index (χ2n) is 4.51. The van der Waals surface area contributed by atoms with Crippen LogP contribution >= 0.6 is 11.3 Å². The summed E-state index contributed by atoms with van der Waals surface area (Å²) in [6, 6.07) is 11.4. The summed E-state index contributed by atoms with van der Waals surface area (Å²) in [7, 11) is 1.60. The monoisotopic (exact) mass is 363 g/mol. The number of carbonyl (C=O) groups excluding carboxylic acids is 1. The molecule has 0 bridgehead atoms. The summed E-state index contributed by atoms with van der Waals surface area (Å²) in [5, 5.41) is 3.22. The number of methoxy groups -OCH3 is 1. The van der Waals surface area contributed by atoms with Crippen LogP contribution in [0, 0.1) is 0 Å². The number of nitrogens with zero attached hydrogens (tertiary/aromatic N) is 1. The zero-order valence-corrected chi connectivity index (χ0v) is 13.9. The van der Waals surface area contributed by atoms with Crippen LogP contribution in [0.5, 0.6) is 5.75 Å². The fraction of sp³-hybridized carbons (Fsp3) is 0.125. The Bertz CT molecular complexity index is 770. The van der Waals surface area contributed by atoms with E-state index in [1.54, 1.807) is 24.5 Å². The fourth-order valence-electron chi connectivity index (χ4n) is 2.11. The van der Waals surface area contributed by atoms with Gasteiger partial charge < -0.3 is 21.7 Å². The van der Waals surface area contributed by atoms with Crippen LogP contribution in [0.2, 0.25) is 0 Å². The Labute approximate surface area is 137 Å². The Hall–Kier alpha value is -1.72. The van der Waals surface area contributed by atoms with Gasteiger partial charge in [0.05, 0.1) is 12.5 Å². The van der Waals surface area contributed by atoms with Crippen molar-refractivity contribution in [3.63, 3.8) is 0 Å². The van der Waals surface area contributed by atoms with Gasteiger partial charge in [-0.25, -0.2) is 0 Å². The first kappa shape index (κ1) is 15.7. The topological polar surface area (TPSA) is 30.2 Å². The summed E-state index contributed by atoms with van der Waals surface area (Å²) in [5.74, 6) is 0.776. The highest BCUT2D eigenvalue weighted by molar-refractivity contribution is 7.17. The maximum absolute atomic E-state index is 12.3. The van der Waals surface area contributed by atoms with Crippen molar-refractivity contribution in [1.82, 2.24) is 0 Å². The van der Waals surface area contributed by atoms with E-state index < -0.39 is 0 Å². The van der Waals surface area contributed by atoms with E-state index in [4.69, 9.17) is 4.74 Å². The molecule has 0 N–H and O–H groups in total. The molecule has 0 aliphatic rings. The number of fused-ring (bicyclic) bond motifs is 1. The molecule has 5 heteroatoms. The quantitative estimate of drug-likeness (QED) is 0.485. The maximum Gasteiger partial charge on any atom is 0.227 e. The minimum absolute atomic E-state index is 0. The van der Waals surface area contributed by atoms with Crippen LogP contribution in [0.1, 0.15) is 10.4 Å². The number of ether oxygens (including phenoxy) is 1. The van der Waals surface area contributed by atoms with Gasteiger partial charge in [-0.2, -0.15) is 4.57 Å². The molecule has 21 heavy (non-hydrogen) atoms. The molecule has 0 fully saturated rings. The van der Waals surface area contributed by atoms with Gasteiger partial charge >= 0.3 is 0 Å². The van der Waals surface area contributed by atoms with Gasteiger partial charge in [-0.3, -0.25) is 4.79 Å². The van der Waals surface area contributed by atoms with Gasteiger partial charge in [0.25, 0.3) is 0 Å². The van der Waals surface area contributed by atoms with Crippen molar-refractivity contribution in [3.05, 3.63) is 59.7 Å². The molecule has 0 radical (unpaired) electrons. The van der Waals surface area contributed by atoms with Gasteiger partial charge in [0, 0.05) is 16.3 Å². The molecular weight excluding hydrogens is 350 g/mol. The lowest BCUT2D eigenvalue weighted by molar-refractivity contribution is -0.681. The van der Waals surface area contributed by atoms with Crippen molar-refractivity contribution >= 4 is 27.2 Å². The van der Waals surface area contributed by atoms with Crippen LogP contribution in [-0.2, 0) is 6.54 Å². The number of Topliss-reactive ketones (excluding diaryl/α,β-unsaturated/α-hetero) is 1. The lowest BCUT2D eigenvalue weighted by atomic mass is 10.1. The molecule has 2 heterocycles. The maximum atomic E-state index is 12.3. The van der Waals surface area contributed by atoms with Crippen molar-refractivity contribution < 1.29 is 31.1 Å². The number of thiophene rings is 1. The van der Waals surface area contributed by atoms with Gasteiger partial charge in [0.2, 0.25) is 12.3 Å². The number of rotatable bonds is 4. The minimum atomic E-state index is 0. The average Bonchev–Trinajstić information content (AvgIpc) is 2.95. The zero-order valence-electron chi connectivity index (χ0n) is 11.5. The van der Waals surface area contributed by atoms with Crippen LogP contribution in [0.4, 0.5) is 0 Å². The summed E-state index contributed by atoms with van der Waals surface area (Å²) in [4.78, 5) is 12.3. The number of benzene rings is 1. The SMILES string of the molecule is COc1cccc(C(=O)C[n+]2ccc3sccc3c2)c1.[Br-]. The number of halogens is 1. The first-order valence-corrected chi connectivity index (χ1v) is 7.18. The summed E-state index contributed by atoms with van der Waals surface area (Å²) < 4.78 is 8.29. The molecule has 0 amide bonds. The number of aromatic nitrogens is 1. The third kappa shape index (κ3) is 3.49. The van der Waals surface area contributed by atoms with Gasteiger partial charge in [0.15, 0.2) is 12.4 Å². The predicted octanol–water partition coefficient (Wildman–Crippen LogP) is 0.0843. The Morgan fingerprint density at radius 1 is 1.29 bits per heavy atom. The summed E-state index contributed by atoms with van der Waals surface area (Å²) >= 11 is 1.70. The highest BCUT2D eigenvalue weighted by Crippen LogP contribution is 2.18. The summed E-state index contributed by atoms with van der Waals surface area (Å²) in [6.07, 6.45) is 3.95. The van der Waals surface area contributed by atoms with E-state index in [-0.39, 0.29) is 22.8 Å². The molecule has 0 saturated carbocycles. The number of hydrogen-bond donors (Lipinski definition) is 0. The van der Waals surface area contributed by atoms with Crippen molar-refractivity contribution in [2.75, 3.05) is 7.11 Å². The molecule has 0 aliphatic heterocycles. The second kappa shape index (κ2) is 6.83. The molecule has 0 unspecified atom stereocenters. The molecule has 2 aromatic heterocycles. The molecule has 0 aliphatic carbocycles. The van der Waals surface area contributed by atoms with Crippen LogP contribution in [-0.4, -0.2) is 12.9 Å². The van der Waals surface area contributed by atoms with E-state index in [1.807, 2.05) is 41.2 Å². The molecule has 108 valence electrons. The smallest absolute Gasteiger partial charge is 0.227 e. The molecule has 0 atom stereocenters. The zero-order chi connectivity index (χ0) is 13.9. The normalized spacial score (nSPS) is 10.1. The van der Waals surface area contributed by atoms with E-state index in [0.29, 0.717) is 17.9 Å². The summed E-state index contributed by atoms with van der Waals surface area (Å²) in [5.41, 5.74) is 0.669. The van der Waals surface area contributed by atoms with Crippen LogP contribution in [0.25, 0.3) is 10.1 Å². The molecule has 3 rings (SSSR count). The van der Waals surface area contributed by atoms with E-state index in [2.05, 4.69) is 11.4 Å². The third-order valence-electron chi connectivity index (χ3n) is 3.17. The van der Waals surface area contributed by atoms with Crippen LogP contribution in [0.3, 0.4) is 0 Å². The van der Waals surface area contributed by atoms with Gasteiger partial charge in [-0.15, -0.1) is 11.3 Å². The number of carbonyl (C=O) groups is 1. The van der Waals surface area contributed by atoms with E-state index in [9.17, 15) is 4.79 Å². The van der Waals surface area contributed by atoms with E-state index in [1.165, 1.54) is 4.70 Å². The number of hydrogen-bond acceptors (Lipinski definition) is 3. The lowest BCUT2D eigenvalue weighted by Gasteiger charge is -2.02. The average molecular weight is 364 g/mol. The van der Waals surface area contributed by atoms with Gasteiger partial charge in [0.1, 0.15) is 5.75 Å².